The molecule has 0 aliphatic carbocycles. The van der Waals surface area contributed by atoms with E-state index in [1.165, 1.54) is 0 Å². The third kappa shape index (κ3) is 5.19. The largest absolute Gasteiger partial charge is 0.179 e. The van der Waals surface area contributed by atoms with Crippen LogP contribution in [0.4, 0.5) is 0 Å². The Labute approximate surface area is 66.6 Å². The van der Waals surface area contributed by atoms with E-state index in [-0.39, 0.29) is 0 Å². The minimum Gasteiger partial charge on any atom is -0.179 e. The molecule has 0 heterocycles. The maximum absolute atomic E-state index is 4.30. The van der Waals surface area contributed by atoms with Gasteiger partial charge in [0.25, 0.3) is 0 Å². The molecule has 0 aliphatic heterocycles. The van der Waals surface area contributed by atoms with Gasteiger partial charge >= 0.3 is 0 Å². The molecular formula is C5H12S3. The van der Waals surface area contributed by atoms with E-state index in [1.54, 1.807) is 0 Å². The molecule has 8 heavy (non-hydrogen) atoms. The van der Waals surface area contributed by atoms with Crippen molar-refractivity contribution in [1.82, 2.24) is 0 Å². The minimum atomic E-state index is 0.498. The van der Waals surface area contributed by atoms with Gasteiger partial charge in [-0.3, -0.25) is 0 Å². The summed E-state index contributed by atoms with van der Waals surface area (Å²) in [5.41, 5.74) is 0. The summed E-state index contributed by atoms with van der Waals surface area (Å²) in [7, 11) is 0. The van der Waals surface area contributed by atoms with Gasteiger partial charge < -0.3 is 0 Å². The molecule has 0 radical (unpaired) electrons. The first-order valence-electron chi connectivity index (χ1n) is 2.71. The highest BCUT2D eigenvalue weighted by Gasteiger charge is 1.97. The Morgan fingerprint density at radius 3 is 2.62 bits per heavy atom. The summed E-state index contributed by atoms with van der Waals surface area (Å²) in [5, 5.41) is 0. The quantitative estimate of drug-likeness (QED) is 0.480. The highest BCUT2D eigenvalue weighted by atomic mass is 32.2. The van der Waals surface area contributed by atoms with Crippen molar-refractivity contribution in [3.05, 3.63) is 0 Å². The zero-order valence-corrected chi connectivity index (χ0v) is 7.61. The van der Waals surface area contributed by atoms with Gasteiger partial charge in [-0.05, 0) is 17.9 Å². The first-order chi connectivity index (χ1) is 3.81. The number of hydrogen-bond donors (Lipinski definition) is 2. The van der Waals surface area contributed by atoms with E-state index in [2.05, 4.69) is 32.2 Å². The maximum Gasteiger partial charge on any atom is 0.0480 e. The molecule has 3 heteroatoms. The molecule has 0 aromatic carbocycles. The van der Waals surface area contributed by atoms with Gasteiger partial charge in [0.2, 0.25) is 0 Å². The van der Waals surface area contributed by atoms with Crippen LogP contribution in [0.5, 0.6) is 0 Å². The Morgan fingerprint density at radius 2 is 2.25 bits per heavy atom. The van der Waals surface area contributed by atoms with Gasteiger partial charge in [0.15, 0.2) is 0 Å². The van der Waals surface area contributed by atoms with Gasteiger partial charge in [-0.15, -0.1) is 11.8 Å². The molecule has 0 aromatic heterocycles. The summed E-state index contributed by atoms with van der Waals surface area (Å²) >= 11 is 10.3. The van der Waals surface area contributed by atoms with E-state index in [0.29, 0.717) is 4.58 Å². The summed E-state index contributed by atoms with van der Waals surface area (Å²) in [4.78, 5) is 0. The summed E-state index contributed by atoms with van der Waals surface area (Å²) in [6, 6.07) is 0. The van der Waals surface area contributed by atoms with Crippen LogP contribution in [-0.4, -0.2) is 16.1 Å². The lowest BCUT2D eigenvalue weighted by Gasteiger charge is -2.04. The first-order valence-corrected chi connectivity index (χ1v) is 4.91. The van der Waals surface area contributed by atoms with Crippen molar-refractivity contribution >= 4 is 37.0 Å². The van der Waals surface area contributed by atoms with E-state index >= 15 is 0 Å². The molecule has 0 rings (SSSR count). The lowest BCUT2D eigenvalue weighted by Crippen LogP contribution is -1.92. The van der Waals surface area contributed by atoms with E-state index in [9.17, 15) is 0 Å². The standard InChI is InChI=1S/C5H12S3/c1-2-8-5(7)3-4-6/h5-7H,2-4H2,1H3. The molecule has 0 N–H and O–H groups in total. The van der Waals surface area contributed by atoms with Crippen LogP contribution in [0.25, 0.3) is 0 Å². The van der Waals surface area contributed by atoms with Crippen molar-refractivity contribution < 1.29 is 0 Å². The average Bonchev–Trinajstić information content (AvgIpc) is 1.68. The second-order valence-corrected chi connectivity index (χ2v) is 4.32. The van der Waals surface area contributed by atoms with Crippen molar-refractivity contribution in [3.8, 4) is 0 Å². The average molecular weight is 168 g/mol. The third-order valence-corrected chi connectivity index (χ3v) is 2.65. The molecule has 0 saturated heterocycles. The monoisotopic (exact) mass is 168 g/mol. The number of thiol groups is 2. The molecule has 1 unspecified atom stereocenters. The van der Waals surface area contributed by atoms with Crippen LogP contribution in [-0.2, 0) is 0 Å². The molecule has 0 amide bonds. The SMILES string of the molecule is CCSC(S)CCS. The topological polar surface area (TPSA) is 0 Å². The second kappa shape index (κ2) is 6.17. The van der Waals surface area contributed by atoms with E-state index in [1.807, 2.05) is 11.8 Å². The Kier molecular flexibility index (Phi) is 6.98. The number of thioether (sulfide) groups is 1. The Morgan fingerprint density at radius 1 is 1.62 bits per heavy atom. The van der Waals surface area contributed by atoms with Gasteiger partial charge in [0.05, 0.1) is 0 Å². The first kappa shape index (κ1) is 9.05. The van der Waals surface area contributed by atoms with Gasteiger partial charge in [0.1, 0.15) is 0 Å². The molecular weight excluding hydrogens is 156 g/mol. The molecule has 0 aromatic rings. The lowest BCUT2D eigenvalue weighted by atomic mass is 10.6. The fourth-order valence-electron chi connectivity index (χ4n) is 0.386. The molecule has 0 saturated carbocycles. The zero-order chi connectivity index (χ0) is 6.41. The molecule has 0 fully saturated rings. The van der Waals surface area contributed by atoms with Gasteiger partial charge in [0, 0.05) is 4.58 Å². The third-order valence-electron chi connectivity index (χ3n) is 0.735. The fourth-order valence-corrected chi connectivity index (χ4v) is 2.27. The molecule has 0 bridgehead atoms. The predicted molar refractivity (Wildman–Crippen MR) is 49.4 cm³/mol. The Hall–Kier alpha value is 1.05. The molecule has 1 atom stereocenters. The maximum atomic E-state index is 4.30. The van der Waals surface area contributed by atoms with Crippen LogP contribution in [0.2, 0.25) is 0 Å². The van der Waals surface area contributed by atoms with Gasteiger partial charge in [-0.1, -0.05) is 6.92 Å². The van der Waals surface area contributed by atoms with E-state index in [0.717, 1.165) is 17.9 Å². The van der Waals surface area contributed by atoms with Crippen molar-refractivity contribution in [2.45, 2.75) is 17.9 Å². The molecule has 50 valence electrons. The summed E-state index contributed by atoms with van der Waals surface area (Å²) in [6.45, 7) is 2.15. The van der Waals surface area contributed by atoms with Gasteiger partial charge in [-0.25, -0.2) is 0 Å². The fraction of sp³-hybridized carbons (Fsp3) is 1.00. The smallest absolute Gasteiger partial charge is 0.0480 e. The van der Waals surface area contributed by atoms with E-state index in [4.69, 9.17) is 0 Å². The summed E-state index contributed by atoms with van der Waals surface area (Å²) in [6.07, 6.45) is 1.10. The van der Waals surface area contributed by atoms with Crippen molar-refractivity contribution in [3.63, 3.8) is 0 Å². The number of hydrogen-bond acceptors (Lipinski definition) is 3. The summed E-state index contributed by atoms with van der Waals surface area (Å²) < 4.78 is 0.498. The van der Waals surface area contributed by atoms with Crippen LogP contribution in [0.15, 0.2) is 0 Å². The Balaban J connectivity index is 2.92. The molecule has 0 aliphatic rings. The van der Waals surface area contributed by atoms with Crippen molar-refractivity contribution in [2.75, 3.05) is 11.5 Å². The van der Waals surface area contributed by atoms with Crippen LogP contribution < -0.4 is 0 Å². The van der Waals surface area contributed by atoms with Gasteiger partial charge in [-0.2, -0.15) is 25.3 Å². The summed E-state index contributed by atoms with van der Waals surface area (Å²) in [5.74, 6) is 2.10. The second-order valence-electron chi connectivity index (χ2n) is 1.42. The van der Waals surface area contributed by atoms with Crippen LogP contribution in [0, 0.1) is 0 Å². The van der Waals surface area contributed by atoms with Crippen LogP contribution in [0.1, 0.15) is 13.3 Å². The van der Waals surface area contributed by atoms with Crippen molar-refractivity contribution in [2.24, 2.45) is 0 Å². The Bertz CT molecular complexity index is 40.9. The predicted octanol–water partition coefficient (Wildman–Crippen LogP) is 2.32. The minimum absolute atomic E-state index is 0.498. The van der Waals surface area contributed by atoms with Crippen LogP contribution >= 0.6 is 37.0 Å². The molecule has 0 nitrogen and oxygen atoms in total. The highest BCUT2D eigenvalue weighted by Crippen LogP contribution is 2.17. The van der Waals surface area contributed by atoms with Crippen molar-refractivity contribution in [1.29, 1.82) is 0 Å². The molecule has 0 spiro atoms. The highest BCUT2D eigenvalue weighted by molar-refractivity contribution is 8.10. The van der Waals surface area contributed by atoms with Crippen LogP contribution in [0.3, 0.4) is 0 Å². The zero-order valence-electron chi connectivity index (χ0n) is 5.00. The number of rotatable bonds is 4. The van der Waals surface area contributed by atoms with E-state index < -0.39 is 0 Å². The normalized spacial score (nSPS) is 13.9. The lowest BCUT2D eigenvalue weighted by molar-refractivity contribution is 1.08.